The predicted octanol–water partition coefficient (Wildman–Crippen LogP) is 1.87. The highest BCUT2D eigenvalue weighted by molar-refractivity contribution is 5.36. The SMILES string of the molecule is CCN(CC1CCC1)c1nc(N)nc(OC(C)C)n1. The first-order chi connectivity index (χ1) is 9.08. The van der Waals surface area contributed by atoms with Crippen LogP contribution in [0.15, 0.2) is 0 Å². The maximum absolute atomic E-state index is 5.74. The van der Waals surface area contributed by atoms with E-state index in [9.17, 15) is 0 Å². The number of aromatic nitrogens is 3. The van der Waals surface area contributed by atoms with Crippen molar-refractivity contribution in [2.45, 2.75) is 46.1 Å². The first-order valence-corrected chi connectivity index (χ1v) is 7.01. The van der Waals surface area contributed by atoms with Crippen molar-refractivity contribution in [1.82, 2.24) is 15.0 Å². The van der Waals surface area contributed by atoms with Gasteiger partial charge in [0.2, 0.25) is 11.9 Å². The molecule has 0 aliphatic heterocycles. The van der Waals surface area contributed by atoms with Gasteiger partial charge in [0.1, 0.15) is 0 Å². The van der Waals surface area contributed by atoms with Crippen LogP contribution in [0.4, 0.5) is 11.9 Å². The van der Waals surface area contributed by atoms with Crippen molar-refractivity contribution in [3.63, 3.8) is 0 Å². The van der Waals surface area contributed by atoms with Crippen molar-refractivity contribution >= 4 is 11.9 Å². The third-order valence-corrected chi connectivity index (χ3v) is 3.33. The second kappa shape index (κ2) is 6.04. The van der Waals surface area contributed by atoms with Crippen molar-refractivity contribution < 1.29 is 4.74 Å². The molecule has 1 fully saturated rings. The molecule has 0 saturated heterocycles. The van der Waals surface area contributed by atoms with Crippen LogP contribution < -0.4 is 15.4 Å². The highest BCUT2D eigenvalue weighted by Crippen LogP contribution is 2.28. The molecule has 1 aliphatic carbocycles. The minimum Gasteiger partial charge on any atom is -0.461 e. The van der Waals surface area contributed by atoms with E-state index in [4.69, 9.17) is 10.5 Å². The van der Waals surface area contributed by atoms with E-state index in [2.05, 4.69) is 26.8 Å². The molecule has 19 heavy (non-hydrogen) atoms. The number of anilines is 2. The zero-order chi connectivity index (χ0) is 13.8. The monoisotopic (exact) mass is 265 g/mol. The van der Waals surface area contributed by atoms with Gasteiger partial charge in [-0.2, -0.15) is 15.0 Å². The molecule has 106 valence electrons. The van der Waals surface area contributed by atoms with Gasteiger partial charge >= 0.3 is 6.01 Å². The van der Waals surface area contributed by atoms with Gasteiger partial charge in [-0.3, -0.25) is 0 Å². The Morgan fingerprint density at radius 2 is 2.05 bits per heavy atom. The van der Waals surface area contributed by atoms with Crippen LogP contribution in [-0.2, 0) is 0 Å². The second-order valence-electron chi connectivity index (χ2n) is 5.28. The summed E-state index contributed by atoms with van der Waals surface area (Å²) >= 11 is 0. The van der Waals surface area contributed by atoms with Gasteiger partial charge in [0, 0.05) is 13.1 Å². The van der Waals surface area contributed by atoms with Crippen molar-refractivity contribution in [3.05, 3.63) is 0 Å². The van der Waals surface area contributed by atoms with Crippen molar-refractivity contribution in [2.24, 2.45) is 5.92 Å². The van der Waals surface area contributed by atoms with Gasteiger partial charge < -0.3 is 15.4 Å². The minimum absolute atomic E-state index is 0.0244. The first-order valence-electron chi connectivity index (χ1n) is 7.01. The van der Waals surface area contributed by atoms with E-state index in [-0.39, 0.29) is 12.1 Å². The van der Waals surface area contributed by atoms with Crippen molar-refractivity contribution in [3.8, 4) is 6.01 Å². The van der Waals surface area contributed by atoms with E-state index in [0.717, 1.165) is 19.0 Å². The highest BCUT2D eigenvalue weighted by Gasteiger charge is 2.22. The topological polar surface area (TPSA) is 77.2 Å². The number of hydrogen-bond acceptors (Lipinski definition) is 6. The lowest BCUT2D eigenvalue weighted by Crippen LogP contribution is -2.34. The molecule has 0 bridgehead atoms. The molecule has 1 aromatic heterocycles. The average molecular weight is 265 g/mol. The summed E-state index contributed by atoms with van der Waals surface area (Å²) in [4.78, 5) is 14.7. The molecule has 6 nitrogen and oxygen atoms in total. The summed E-state index contributed by atoms with van der Waals surface area (Å²) < 4.78 is 5.51. The van der Waals surface area contributed by atoms with Gasteiger partial charge in [0.15, 0.2) is 0 Å². The third-order valence-electron chi connectivity index (χ3n) is 3.33. The van der Waals surface area contributed by atoms with E-state index >= 15 is 0 Å². The Hall–Kier alpha value is -1.59. The van der Waals surface area contributed by atoms with E-state index in [1.165, 1.54) is 19.3 Å². The third kappa shape index (κ3) is 3.68. The number of ether oxygens (including phenoxy) is 1. The van der Waals surface area contributed by atoms with Crippen LogP contribution in [-0.4, -0.2) is 34.1 Å². The summed E-state index contributed by atoms with van der Waals surface area (Å²) in [5, 5.41) is 0. The van der Waals surface area contributed by atoms with Crippen LogP contribution in [0.25, 0.3) is 0 Å². The van der Waals surface area contributed by atoms with Gasteiger partial charge in [-0.1, -0.05) is 6.42 Å². The molecule has 0 radical (unpaired) electrons. The summed E-state index contributed by atoms with van der Waals surface area (Å²) in [6.45, 7) is 7.82. The van der Waals surface area contributed by atoms with Crippen molar-refractivity contribution in [1.29, 1.82) is 0 Å². The van der Waals surface area contributed by atoms with Gasteiger partial charge in [-0.25, -0.2) is 0 Å². The Bertz CT molecular complexity index is 419. The first kappa shape index (κ1) is 13.8. The van der Waals surface area contributed by atoms with Gasteiger partial charge in [-0.15, -0.1) is 0 Å². The second-order valence-corrected chi connectivity index (χ2v) is 5.28. The Balaban J connectivity index is 2.13. The number of nitrogens with zero attached hydrogens (tertiary/aromatic N) is 4. The van der Waals surface area contributed by atoms with Gasteiger partial charge in [0.05, 0.1) is 6.10 Å². The van der Waals surface area contributed by atoms with E-state index < -0.39 is 0 Å². The summed E-state index contributed by atoms with van der Waals surface area (Å²) in [6.07, 6.45) is 3.96. The Labute approximate surface area is 114 Å². The maximum atomic E-state index is 5.74. The highest BCUT2D eigenvalue weighted by atomic mass is 16.5. The molecule has 1 aromatic rings. The molecule has 2 rings (SSSR count). The van der Waals surface area contributed by atoms with Crippen LogP contribution >= 0.6 is 0 Å². The zero-order valence-corrected chi connectivity index (χ0v) is 12.0. The lowest BCUT2D eigenvalue weighted by molar-refractivity contribution is 0.222. The normalized spacial score (nSPS) is 15.4. The Kier molecular flexibility index (Phi) is 4.39. The van der Waals surface area contributed by atoms with E-state index in [1.54, 1.807) is 0 Å². The molecule has 0 unspecified atom stereocenters. The summed E-state index contributed by atoms with van der Waals surface area (Å²) in [6, 6.07) is 0.310. The fourth-order valence-corrected chi connectivity index (χ4v) is 2.11. The summed E-state index contributed by atoms with van der Waals surface area (Å²) in [5.41, 5.74) is 5.74. The molecular weight excluding hydrogens is 242 g/mol. The van der Waals surface area contributed by atoms with Crippen LogP contribution in [0.1, 0.15) is 40.0 Å². The molecule has 0 amide bonds. The summed E-state index contributed by atoms with van der Waals surface area (Å²) in [7, 11) is 0. The minimum atomic E-state index is 0.0244. The lowest BCUT2D eigenvalue weighted by Gasteiger charge is -2.31. The van der Waals surface area contributed by atoms with Crippen molar-refractivity contribution in [2.75, 3.05) is 23.7 Å². The summed E-state index contributed by atoms with van der Waals surface area (Å²) in [5.74, 6) is 1.60. The average Bonchev–Trinajstić information content (AvgIpc) is 2.25. The maximum Gasteiger partial charge on any atom is 0.323 e. The Morgan fingerprint density at radius 1 is 1.32 bits per heavy atom. The fraction of sp³-hybridized carbons (Fsp3) is 0.769. The van der Waals surface area contributed by atoms with Gasteiger partial charge in [0.25, 0.3) is 0 Å². The van der Waals surface area contributed by atoms with Gasteiger partial charge in [-0.05, 0) is 39.5 Å². The standard InChI is InChI=1S/C13H23N5O/c1-4-18(8-10-6-5-7-10)12-15-11(14)16-13(17-12)19-9(2)3/h9-10H,4-8H2,1-3H3,(H2,14,15,16,17). The smallest absolute Gasteiger partial charge is 0.323 e. The number of hydrogen-bond donors (Lipinski definition) is 1. The quantitative estimate of drug-likeness (QED) is 0.846. The molecule has 1 heterocycles. The van der Waals surface area contributed by atoms with E-state index in [1.807, 2.05) is 13.8 Å². The van der Waals surface area contributed by atoms with Crippen LogP contribution in [0.3, 0.4) is 0 Å². The molecule has 1 saturated carbocycles. The number of nitrogens with two attached hydrogens (primary N) is 1. The molecule has 1 aliphatic rings. The molecule has 0 spiro atoms. The Morgan fingerprint density at radius 3 is 2.58 bits per heavy atom. The molecule has 0 aromatic carbocycles. The lowest BCUT2D eigenvalue weighted by atomic mass is 9.85. The van der Waals surface area contributed by atoms with Crippen LogP contribution in [0, 0.1) is 5.92 Å². The number of nitrogen functional groups attached to an aromatic ring is 1. The zero-order valence-electron chi connectivity index (χ0n) is 12.0. The van der Waals surface area contributed by atoms with E-state index in [0.29, 0.717) is 12.0 Å². The molecule has 6 heteroatoms. The number of rotatable bonds is 6. The molecule has 0 atom stereocenters. The predicted molar refractivity (Wildman–Crippen MR) is 75.2 cm³/mol. The largest absolute Gasteiger partial charge is 0.461 e. The van der Waals surface area contributed by atoms with Crippen LogP contribution in [0.2, 0.25) is 0 Å². The van der Waals surface area contributed by atoms with Crippen LogP contribution in [0.5, 0.6) is 6.01 Å². The fourth-order valence-electron chi connectivity index (χ4n) is 2.11. The molecule has 2 N–H and O–H groups in total. The molecular formula is C13H23N5O.